The van der Waals surface area contributed by atoms with Crippen LogP contribution in [0, 0.1) is 27.7 Å². The van der Waals surface area contributed by atoms with Crippen molar-refractivity contribution in [3.05, 3.63) is 91.6 Å². The van der Waals surface area contributed by atoms with Gasteiger partial charge < -0.3 is 15.1 Å². The molecule has 4 rings (SSSR count). The first kappa shape index (κ1) is 22.7. The highest BCUT2D eigenvalue weighted by Crippen LogP contribution is 2.41. The molecule has 1 aromatic heterocycles. The van der Waals surface area contributed by atoms with Gasteiger partial charge in [-0.25, -0.2) is 4.98 Å². The number of aliphatic hydroxyl groups excluding tert-OH is 1. The molecule has 6 nitrogen and oxygen atoms in total. The molecule has 1 atom stereocenters. The summed E-state index contributed by atoms with van der Waals surface area (Å²) < 4.78 is 0. The number of hydrogen-bond donors (Lipinski definition) is 2. The monoisotopic (exact) mass is 462 g/mol. The first-order valence-corrected chi connectivity index (χ1v) is 11.6. The van der Waals surface area contributed by atoms with Gasteiger partial charge in [-0.1, -0.05) is 30.3 Å². The van der Waals surface area contributed by atoms with E-state index < -0.39 is 17.7 Å². The lowest BCUT2D eigenvalue weighted by atomic mass is 9.92. The van der Waals surface area contributed by atoms with Crippen LogP contribution in [0.25, 0.3) is 0 Å². The largest absolute Gasteiger partial charge is 0.507 e. The first-order chi connectivity index (χ1) is 15.7. The van der Waals surface area contributed by atoms with Crippen molar-refractivity contribution in [1.29, 1.82) is 0 Å². The Labute approximate surface area is 196 Å². The van der Waals surface area contributed by atoms with Gasteiger partial charge in [0, 0.05) is 6.54 Å². The molecule has 7 heteroatoms. The molecule has 0 bridgehead atoms. The maximum Gasteiger partial charge on any atom is 0.290 e. The first-order valence-electron chi connectivity index (χ1n) is 10.8. The van der Waals surface area contributed by atoms with Gasteiger partial charge >= 0.3 is 0 Å². The molecule has 170 valence electrons. The number of nitrogens with zero attached hydrogens (tertiary/aromatic N) is 2. The minimum atomic E-state index is -0.756. The van der Waals surface area contributed by atoms with Gasteiger partial charge in [0.2, 0.25) is 5.78 Å². The number of amides is 1. The number of rotatable bonds is 6. The molecule has 2 N–H and O–H groups in total. The number of aryl methyl sites for hydroxylation is 4. The molecule has 0 aliphatic carbocycles. The summed E-state index contributed by atoms with van der Waals surface area (Å²) >= 11 is 1.25. The Morgan fingerprint density at radius 3 is 2.27 bits per heavy atom. The summed E-state index contributed by atoms with van der Waals surface area (Å²) in [5, 5.41) is 21.9. The molecule has 0 saturated heterocycles. The topological polar surface area (TPSA) is 90.7 Å². The smallest absolute Gasteiger partial charge is 0.290 e. The van der Waals surface area contributed by atoms with Crippen LogP contribution >= 0.6 is 11.3 Å². The number of benzene rings is 2. The summed E-state index contributed by atoms with van der Waals surface area (Å²) in [5.41, 5.74) is 3.65. The highest BCUT2D eigenvalue weighted by Gasteiger charge is 2.44. The number of ketones is 1. The lowest BCUT2D eigenvalue weighted by Crippen LogP contribution is -2.33. The Balaban J connectivity index is 1.80. The molecule has 0 saturated carbocycles. The molecule has 1 unspecified atom stereocenters. The van der Waals surface area contributed by atoms with Gasteiger partial charge in [-0.2, -0.15) is 0 Å². The van der Waals surface area contributed by atoms with Crippen LogP contribution in [0.5, 0.6) is 5.75 Å². The Morgan fingerprint density at radius 2 is 1.70 bits per heavy atom. The van der Waals surface area contributed by atoms with Crippen molar-refractivity contribution in [3.63, 3.8) is 0 Å². The molecule has 1 aliphatic rings. The maximum atomic E-state index is 13.6. The van der Waals surface area contributed by atoms with E-state index in [1.165, 1.54) is 11.3 Å². The molecule has 0 spiro atoms. The fourth-order valence-electron chi connectivity index (χ4n) is 4.37. The fraction of sp³-hybridized carbons (Fsp3) is 0.269. The van der Waals surface area contributed by atoms with Crippen LogP contribution < -0.4 is 0 Å². The average Bonchev–Trinajstić information content (AvgIpc) is 3.26. The van der Waals surface area contributed by atoms with E-state index in [-0.39, 0.29) is 17.1 Å². The van der Waals surface area contributed by atoms with Crippen molar-refractivity contribution >= 4 is 23.0 Å². The van der Waals surface area contributed by atoms with Crippen LogP contribution in [0.15, 0.2) is 53.8 Å². The minimum absolute atomic E-state index is 0.0595. The number of hydrogen-bond acceptors (Lipinski definition) is 6. The van der Waals surface area contributed by atoms with Gasteiger partial charge in [0.15, 0.2) is 5.76 Å². The van der Waals surface area contributed by atoms with Crippen LogP contribution in [0.4, 0.5) is 0 Å². The van der Waals surface area contributed by atoms with Crippen LogP contribution in [0.3, 0.4) is 0 Å². The molecule has 33 heavy (non-hydrogen) atoms. The Bertz CT molecular complexity index is 1250. The van der Waals surface area contributed by atoms with Gasteiger partial charge in [0.1, 0.15) is 5.75 Å². The standard InChI is InChI=1S/C26H26N2O4S/c1-14-12-19(13-15(2)22(14)29)21-20(23(30)25-16(3)27-17(4)33-25)24(31)26(32)28(21)11-10-18-8-6-5-7-9-18/h5-9,12-13,21,29,31H,10-11H2,1-4H3. The average molecular weight is 463 g/mol. The van der Waals surface area contributed by atoms with E-state index in [9.17, 15) is 19.8 Å². The molecule has 2 aromatic carbocycles. The van der Waals surface area contributed by atoms with E-state index in [1.54, 1.807) is 37.8 Å². The molecule has 0 fully saturated rings. The van der Waals surface area contributed by atoms with Crippen LogP contribution in [0.2, 0.25) is 0 Å². The molecule has 0 radical (unpaired) electrons. The maximum absolute atomic E-state index is 13.6. The summed E-state index contributed by atoms with van der Waals surface area (Å²) in [7, 11) is 0. The second-order valence-corrected chi connectivity index (χ2v) is 9.58. The van der Waals surface area contributed by atoms with Crippen LogP contribution in [-0.4, -0.2) is 38.3 Å². The molecular weight excluding hydrogens is 436 g/mol. The quantitative estimate of drug-likeness (QED) is 0.508. The zero-order chi connectivity index (χ0) is 23.9. The number of phenols is 1. The van der Waals surface area contributed by atoms with Gasteiger partial charge in [-0.3, -0.25) is 9.59 Å². The van der Waals surface area contributed by atoms with Crippen molar-refractivity contribution in [2.75, 3.05) is 6.54 Å². The highest BCUT2D eigenvalue weighted by molar-refractivity contribution is 7.14. The summed E-state index contributed by atoms with van der Waals surface area (Å²) in [4.78, 5) is 33.1. The van der Waals surface area contributed by atoms with Gasteiger partial charge in [0.05, 0.1) is 27.2 Å². The summed E-state index contributed by atoms with van der Waals surface area (Å²) in [5.74, 6) is -1.30. The molecular formula is C26H26N2O4S. The van der Waals surface area contributed by atoms with Crippen molar-refractivity contribution in [2.45, 2.75) is 40.2 Å². The number of phenolic OH excluding ortho intramolecular Hbond substituents is 1. The van der Waals surface area contributed by atoms with Crippen LogP contribution in [-0.2, 0) is 11.2 Å². The number of carbonyl (C=O) groups excluding carboxylic acids is 2. The third-order valence-corrected chi connectivity index (χ3v) is 7.04. The number of carbonyl (C=O) groups is 2. The second kappa shape index (κ2) is 8.83. The summed E-state index contributed by atoms with van der Waals surface area (Å²) in [6, 6.07) is 12.5. The van der Waals surface area contributed by atoms with E-state index in [0.29, 0.717) is 40.2 Å². The molecule has 3 aromatic rings. The zero-order valence-electron chi connectivity index (χ0n) is 19.0. The van der Waals surface area contributed by atoms with E-state index >= 15 is 0 Å². The fourth-order valence-corrected chi connectivity index (χ4v) is 5.24. The zero-order valence-corrected chi connectivity index (χ0v) is 19.9. The lowest BCUT2D eigenvalue weighted by molar-refractivity contribution is -0.129. The third-order valence-electron chi connectivity index (χ3n) is 5.97. The molecule has 1 aliphatic heterocycles. The Hall–Kier alpha value is -3.45. The van der Waals surface area contributed by atoms with Crippen molar-refractivity contribution in [3.8, 4) is 5.75 Å². The van der Waals surface area contributed by atoms with Gasteiger partial charge in [-0.15, -0.1) is 11.3 Å². The lowest BCUT2D eigenvalue weighted by Gasteiger charge is -2.27. The molecule has 2 heterocycles. The summed E-state index contributed by atoms with van der Waals surface area (Å²) in [6.45, 7) is 7.45. The second-order valence-electron chi connectivity index (χ2n) is 8.38. The predicted molar refractivity (Wildman–Crippen MR) is 128 cm³/mol. The van der Waals surface area contributed by atoms with Crippen molar-refractivity contribution < 1.29 is 19.8 Å². The number of aromatic hydroxyl groups is 1. The van der Waals surface area contributed by atoms with Crippen molar-refractivity contribution in [2.24, 2.45) is 0 Å². The number of aromatic nitrogens is 1. The Kier molecular flexibility index (Phi) is 6.08. The van der Waals surface area contributed by atoms with E-state index in [2.05, 4.69) is 4.98 Å². The highest BCUT2D eigenvalue weighted by atomic mass is 32.1. The van der Waals surface area contributed by atoms with E-state index in [4.69, 9.17) is 0 Å². The van der Waals surface area contributed by atoms with E-state index in [0.717, 1.165) is 10.6 Å². The normalized spacial score (nSPS) is 16.1. The summed E-state index contributed by atoms with van der Waals surface area (Å²) in [6.07, 6.45) is 0.576. The minimum Gasteiger partial charge on any atom is -0.507 e. The molecule has 1 amide bonds. The number of aliphatic hydroxyl groups is 1. The van der Waals surface area contributed by atoms with Gasteiger partial charge in [0.25, 0.3) is 5.91 Å². The predicted octanol–water partition coefficient (Wildman–Crippen LogP) is 4.90. The van der Waals surface area contributed by atoms with E-state index in [1.807, 2.05) is 37.3 Å². The number of Topliss-reactive ketones (excluding diaryl/α,β-unsaturated/α-hetero) is 1. The van der Waals surface area contributed by atoms with Crippen molar-refractivity contribution in [1.82, 2.24) is 9.88 Å². The van der Waals surface area contributed by atoms with Crippen LogP contribution in [0.1, 0.15) is 48.7 Å². The van der Waals surface area contributed by atoms with Gasteiger partial charge in [-0.05, 0) is 68.5 Å². The SMILES string of the molecule is Cc1nc(C)c(C(=O)C2=C(O)C(=O)N(CCc3ccccc3)C2c2cc(C)c(O)c(C)c2)s1. The third kappa shape index (κ3) is 4.16. The number of thiazole rings is 1. The Morgan fingerprint density at radius 1 is 1.06 bits per heavy atom.